The molecule has 0 aromatic rings. The first-order valence-electron chi connectivity index (χ1n) is 3.17. The standard InChI is InChI=1S/C6H11F3O/c1-2-3-5(7)6(8,9)4-10/h5,10H,2-4H2,1H3. The van der Waals surface area contributed by atoms with Crippen LogP contribution in [0, 0.1) is 0 Å². The summed E-state index contributed by atoms with van der Waals surface area (Å²) in [5.74, 6) is -3.56. The first-order valence-corrected chi connectivity index (χ1v) is 3.17. The molecule has 62 valence electrons. The zero-order chi connectivity index (χ0) is 8.20. The second kappa shape index (κ2) is 3.81. The first-order chi connectivity index (χ1) is 4.54. The Bertz CT molecular complexity index is 95.0. The van der Waals surface area contributed by atoms with E-state index in [1.807, 2.05) is 0 Å². The maximum atomic E-state index is 12.3. The van der Waals surface area contributed by atoms with Crippen LogP contribution in [-0.2, 0) is 0 Å². The molecule has 0 saturated carbocycles. The lowest BCUT2D eigenvalue weighted by atomic mass is 10.1. The van der Waals surface area contributed by atoms with Crippen LogP contribution in [0.4, 0.5) is 13.2 Å². The van der Waals surface area contributed by atoms with E-state index in [4.69, 9.17) is 5.11 Å². The van der Waals surface area contributed by atoms with E-state index in [-0.39, 0.29) is 6.42 Å². The lowest BCUT2D eigenvalue weighted by Crippen LogP contribution is -2.33. The minimum absolute atomic E-state index is 0.201. The lowest BCUT2D eigenvalue weighted by molar-refractivity contribution is -0.109. The number of rotatable bonds is 4. The van der Waals surface area contributed by atoms with Crippen molar-refractivity contribution >= 4 is 0 Å². The highest BCUT2D eigenvalue weighted by Crippen LogP contribution is 2.23. The molecule has 0 bridgehead atoms. The van der Waals surface area contributed by atoms with Gasteiger partial charge in [0.2, 0.25) is 0 Å². The molecule has 4 heteroatoms. The molecule has 1 unspecified atom stereocenters. The Morgan fingerprint density at radius 2 is 2.00 bits per heavy atom. The Hall–Kier alpha value is -0.250. The Balaban J connectivity index is 3.78. The van der Waals surface area contributed by atoms with Crippen molar-refractivity contribution in [1.29, 1.82) is 0 Å². The Morgan fingerprint density at radius 1 is 1.50 bits per heavy atom. The summed E-state index contributed by atoms with van der Waals surface area (Å²) >= 11 is 0. The fourth-order valence-corrected chi connectivity index (χ4v) is 0.564. The van der Waals surface area contributed by atoms with Gasteiger partial charge in [-0.2, -0.15) is 0 Å². The zero-order valence-corrected chi connectivity index (χ0v) is 5.78. The largest absolute Gasteiger partial charge is 0.390 e. The van der Waals surface area contributed by atoms with E-state index in [9.17, 15) is 13.2 Å². The van der Waals surface area contributed by atoms with Crippen LogP contribution in [0.3, 0.4) is 0 Å². The Kier molecular flexibility index (Phi) is 3.71. The van der Waals surface area contributed by atoms with E-state index in [1.54, 1.807) is 6.92 Å². The van der Waals surface area contributed by atoms with Gasteiger partial charge in [0, 0.05) is 0 Å². The molecule has 0 radical (unpaired) electrons. The van der Waals surface area contributed by atoms with E-state index in [2.05, 4.69) is 0 Å². The topological polar surface area (TPSA) is 20.2 Å². The van der Waals surface area contributed by atoms with E-state index in [1.165, 1.54) is 0 Å². The van der Waals surface area contributed by atoms with Gasteiger partial charge < -0.3 is 5.11 Å². The average Bonchev–Trinajstić information content (AvgIpc) is 1.89. The summed E-state index contributed by atoms with van der Waals surface area (Å²) in [7, 11) is 0. The molecule has 0 aliphatic heterocycles. The molecular formula is C6H11F3O. The minimum Gasteiger partial charge on any atom is -0.390 e. The number of aliphatic hydroxyl groups is 1. The number of hydrogen-bond acceptors (Lipinski definition) is 1. The van der Waals surface area contributed by atoms with Gasteiger partial charge in [0.15, 0.2) is 6.17 Å². The molecule has 0 saturated heterocycles. The van der Waals surface area contributed by atoms with Crippen molar-refractivity contribution in [3.8, 4) is 0 Å². The predicted molar refractivity (Wildman–Crippen MR) is 31.8 cm³/mol. The normalized spacial score (nSPS) is 15.3. The quantitative estimate of drug-likeness (QED) is 0.657. The van der Waals surface area contributed by atoms with Gasteiger partial charge in [0.25, 0.3) is 0 Å². The molecule has 1 nitrogen and oxygen atoms in total. The van der Waals surface area contributed by atoms with Crippen LogP contribution in [0.1, 0.15) is 19.8 Å². The van der Waals surface area contributed by atoms with Gasteiger partial charge in [-0.25, -0.2) is 13.2 Å². The molecule has 0 heterocycles. The summed E-state index contributed by atoms with van der Waals surface area (Å²) in [6.07, 6.45) is -2.05. The van der Waals surface area contributed by atoms with Crippen molar-refractivity contribution in [2.24, 2.45) is 0 Å². The monoisotopic (exact) mass is 156 g/mol. The molecule has 0 rings (SSSR count). The second-order valence-corrected chi connectivity index (χ2v) is 2.18. The van der Waals surface area contributed by atoms with E-state index in [0.717, 1.165) is 0 Å². The van der Waals surface area contributed by atoms with Gasteiger partial charge in [-0.3, -0.25) is 0 Å². The smallest absolute Gasteiger partial charge is 0.301 e. The fraction of sp³-hybridized carbons (Fsp3) is 1.00. The molecule has 0 aromatic carbocycles. The molecule has 0 aliphatic rings. The van der Waals surface area contributed by atoms with Gasteiger partial charge in [0.05, 0.1) is 0 Å². The minimum atomic E-state index is -3.56. The maximum Gasteiger partial charge on any atom is 0.301 e. The lowest BCUT2D eigenvalue weighted by Gasteiger charge is -2.16. The molecule has 10 heavy (non-hydrogen) atoms. The third-order valence-corrected chi connectivity index (χ3v) is 1.21. The SMILES string of the molecule is CCCC(F)C(F)(F)CO. The first kappa shape index (κ1) is 9.75. The van der Waals surface area contributed by atoms with Gasteiger partial charge in [-0.05, 0) is 6.42 Å². The predicted octanol–water partition coefficient (Wildman–Crippen LogP) is 1.75. The van der Waals surface area contributed by atoms with Crippen LogP contribution in [0.15, 0.2) is 0 Å². The highest BCUT2D eigenvalue weighted by atomic mass is 19.3. The Labute approximate surface area is 57.9 Å². The molecule has 0 amide bonds. The fourth-order valence-electron chi connectivity index (χ4n) is 0.564. The number of alkyl halides is 3. The number of aliphatic hydroxyl groups excluding tert-OH is 1. The third-order valence-electron chi connectivity index (χ3n) is 1.21. The van der Waals surface area contributed by atoms with Crippen LogP contribution in [0.2, 0.25) is 0 Å². The number of hydrogen-bond donors (Lipinski definition) is 1. The molecule has 0 aliphatic carbocycles. The molecule has 0 aromatic heterocycles. The van der Waals surface area contributed by atoms with Crippen molar-refractivity contribution in [2.75, 3.05) is 6.61 Å². The molecule has 1 N–H and O–H groups in total. The summed E-state index contributed by atoms with van der Waals surface area (Å²) in [5, 5.41) is 8.00. The van der Waals surface area contributed by atoms with Crippen LogP contribution < -0.4 is 0 Å². The van der Waals surface area contributed by atoms with Gasteiger partial charge in [0.1, 0.15) is 6.61 Å². The summed E-state index contributed by atoms with van der Waals surface area (Å²) in [5.41, 5.74) is 0. The maximum absolute atomic E-state index is 12.3. The second-order valence-electron chi connectivity index (χ2n) is 2.18. The van der Waals surface area contributed by atoms with Crippen molar-refractivity contribution in [2.45, 2.75) is 31.9 Å². The summed E-state index contributed by atoms with van der Waals surface area (Å²) < 4.78 is 36.5. The highest BCUT2D eigenvalue weighted by molar-refractivity contribution is 4.74. The van der Waals surface area contributed by atoms with Crippen molar-refractivity contribution in [3.63, 3.8) is 0 Å². The molecular weight excluding hydrogens is 145 g/mol. The van der Waals surface area contributed by atoms with Crippen molar-refractivity contribution < 1.29 is 18.3 Å². The van der Waals surface area contributed by atoms with E-state index in [0.29, 0.717) is 6.42 Å². The van der Waals surface area contributed by atoms with Gasteiger partial charge in [-0.1, -0.05) is 13.3 Å². The van der Waals surface area contributed by atoms with Gasteiger partial charge >= 0.3 is 5.92 Å². The van der Waals surface area contributed by atoms with Crippen LogP contribution in [0.5, 0.6) is 0 Å². The summed E-state index contributed by atoms with van der Waals surface area (Å²) in [6, 6.07) is 0. The van der Waals surface area contributed by atoms with Gasteiger partial charge in [-0.15, -0.1) is 0 Å². The zero-order valence-electron chi connectivity index (χ0n) is 5.78. The van der Waals surface area contributed by atoms with E-state index >= 15 is 0 Å². The summed E-state index contributed by atoms with van der Waals surface area (Å²) in [4.78, 5) is 0. The summed E-state index contributed by atoms with van der Waals surface area (Å²) in [6.45, 7) is 0.203. The van der Waals surface area contributed by atoms with Crippen LogP contribution >= 0.6 is 0 Å². The highest BCUT2D eigenvalue weighted by Gasteiger charge is 2.38. The molecule has 0 spiro atoms. The molecule has 1 atom stereocenters. The average molecular weight is 156 g/mol. The Morgan fingerprint density at radius 3 is 2.30 bits per heavy atom. The van der Waals surface area contributed by atoms with E-state index < -0.39 is 18.7 Å². The van der Waals surface area contributed by atoms with Crippen molar-refractivity contribution in [3.05, 3.63) is 0 Å². The van der Waals surface area contributed by atoms with Crippen LogP contribution in [0.25, 0.3) is 0 Å². The number of halogens is 3. The van der Waals surface area contributed by atoms with Crippen molar-refractivity contribution in [1.82, 2.24) is 0 Å². The molecule has 0 fully saturated rings. The third kappa shape index (κ3) is 2.56. The van der Waals surface area contributed by atoms with Crippen LogP contribution in [-0.4, -0.2) is 23.8 Å².